The number of halogens is 1. The van der Waals surface area contributed by atoms with Crippen LogP contribution in [0.4, 0.5) is 0 Å². The highest BCUT2D eigenvalue weighted by molar-refractivity contribution is 9.10. The monoisotopic (exact) mass is 334 g/mol. The molecule has 0 aliphatic carbocycles. The molecule has 0 amide bonds. The zero-order chi connectivity index (χ0) is 14.6. The van der Waals surface area contributed by atoms with Gasteiger partial charge in [-0.2, -0.15) is 0 Å². The highest BCUT2D eigenvalue weighted by Gasteiger charge is 2.24. The molecule has 0 aliphatic heterocycles. The minimum atomic E-state index is -0.934. The van der Waals surface area contributed by atoms with Crippen LogP contribution in [-0.2, 0) is 5.60 Å². The first kappa shape index (κ1) is 15.2. The first-order valence-electron chi connectivity index (χ1n) is 6.70. The van der Waals surface area contributed by atoms with E-state index in [4.69, 9.17) is 0 Å². The van der Waals surface area contributed by atoms with Crippen molar-refractivity contribution in [2.45, 2.75) is 31.5 Å². The molecule has 2 N–H and O–H groups in total. The molecule has 2 unspecified atom stereocenters. The van der Waals surface area contributed by atoms with Gasteiger partial charge in [0.2, 0.25) is 0 Å². The number of aliphatic hydroxyl groups excluding tert-OH is 1. The summed E-state index contributed by atoms with van der Waals surface area (Å²) in [6, 6.07) is 17.2. The molecule has 2 nitrogen and oxygen atoms in total. The molecule has 0 saturated carbocycles. The van der Waals surface area contributed by atoms with Crippen molar-refractivity contribution in [1.82, 2.24) is 0 Å². The van der Waals surface area contributed by atoms with Gasteiger partial charge in [-0.1, -0.05) is 58.4 Å². The van der Waals surface area contributed by atoms with Crippen molar-refractivity contribution in [3.05, 3.63) is 70.2 Å². The van der Waals surface area contributed by atoms with Crippen molar-refractivity contribution in [2.75, 3.05) is 0 Å². The van der Waals surface area contributed by atoms with Crippen LogP contribution in [-0.4, -0.2) is 10.2 Å². The van der Waals surface area contributed by atoms with Crippen molar-refractivity contribution >= 4 is 15.9 Å². The van der Waals surface area contributed by atoms with Crippen LogP contribution in [0.1, 0.15) is 37.0 Å². The van der Waals surface area contributed by atoms with Gasteiger partial charge in [-0.05, 0) is 43.0 Å². The van der Waals surface area contributed by atoms with Gasteiger partial charge in [-0.3, -0.25) is 0 Å². The molecule has 2 atom stereocenters. The number of benzene rings is 2. The molecule has 2 aromatic carbocycles. The highest BCUT2D eigenvalue weighted by Crippen LogP contribution is 2.30. The Morgan fingerprint density at radius 2 is 1.65 bits per heavy atom. The molecular formula is C17H19BrO2. The van der Waals surface area contributed by atoms with Gasteiger partial charge in [0, 0.05) is 4.47 Å². The van der Waals surface area contributed by atoms with E-state index in [-0.39, 0.29) is 0 Å². The molecular weight excluding hydrogens is 316 g/mol. The molecule has 2 rings (SSSR count). The largest absolute Gasteiger partial charge is 0.388 e. The molecule has 0 saturated heterocycles. The molecule has 20 heavy (non-hydrogen) atoms. The number of hydrogen-bond donors (Lipinski definition) is 2. The summed E-state index contributed by atoms with van der Waals surface area (Å²) >= 11 is 3.38. The predicted molar refractivity (Wildman–Crippen MR) is 84.3 cm³/mol. The quantitative estimate of drug-likeness (QED) is 0.861. The van der Waals surface area contributed by atoms with Crippen LogP contribution in [0, 0.1) is 0 Å². The van der Waals surface area contributed by atoms with E-state index in [9.17, 15) is 10.2 Å². The lowest BCUT2D eigenvalue weighted by molar-refractivity contribution is 0.0285. The average molecular weight is 335 g/mol. The van der Waals surface area contributed by atoms with Crippen molar-refractivity contribution < 1.29 is 10.2 Å². The van der Waals surface area contributed by atoms with Gasteiger partial charge in [0.25, 0.3) is 0 Å². The summed E-state index contributed by atoms with van der Waals surface area (Å²) in [7, 11) is 0. The fraction of sp³-hybridized carbons (Fsp3) is 0.294. The summed E-state index contributed by atoms with van der Waals surface area (Å²) in [5.74, 6) is 0. The van der Waals surface area contributed by atoms with Crippen LogP contribution in [0.15, 0.2) is 59.1 Å². The lowest BCUT2D eigenvalue weighted by atomic mass is 9.89. The molecule has 0 bridgehead atoms. The fourth-order valence-corrected chi connectivity index (χ4v) is 2.48. The molecule has 3 heteroatoms. The van der Waals surface area contributed by atoms with Crippen LogP contribution < -0.4 is 0 Å². The van der Waals surface area contributed by atoms with E-state index in [1.54, 1.807) is 6.92 Å². The Morgan fingerprint density at radius 1 is 1.05 bits per heavy atom. The van der Waals surface area contributed by atoms with Gasteiger partial charge in [-0.15, -0.1) is 0 Å². The summed E-state index contributed by atoms with van der Waals surface area (Å²) in [4.78, 5) is 0. The van der Waals surface area contributed by atoms with E-state index < -0.39 is 11.7 Å². The fourth-order valence-electron chi connectivity index (χ4n) is 2.21. The van der Waals surface area contributed by atoms with Crippen LogP contribution in [0.25, 0.3) is 0 Å². The van der Waals surface area contributed by atoms with E-state index in [2.05, 4.69) is 15.9 Å². The number of rotatable bonds is 5. The summed E-state index contributed by atoms with van der Waals surface area (Å²) in [5.41, 5.74) is 0.816. The zero-order valence-electron chi connectivity index (χ0n) is 11.5. The second kappa shape index (κ2) is 6.53. The number of aliphatic hydroxyl groups is 2. The minimum Gasteiger partial charge on any atom is -0.388 e. The van der Waals surface area contributed by atoms with Gasteiger partial charge in [0.05, 0.1) is 11.7 Å². The third kappa shape index (κ3) is 3.92. The molecule has 0 radical (unpaired) electrons. The Kier molecular flexibility index (Phi) is 4.97. The van der Waals surface area contributed by atoms with Gasteiger partial charge in [0.1, 0.15) is 0 Å². The van der Waals surface area contributed by atoms with Gasteiger partial charge < -0.3 is 10.2 Å². The van der Waals surface area contributed by atoms with E-state index in [1.165, 1.54) is 0 Å². The summed E-state index contributed by atoms with van der Waals surface area (Å²) in [6.07, 6.45) is 0.482. The third-order valence-corrected chi connectivity index (χ3v) is 4.08. The predicted octanol–water partition coefficient (Wildman–Crippen LogP) is 4.17. The van der Waals surface area contributed by atoms with Crippen molar-refractivity contribution in [3.63, 3.8) is 0 Å². The van der Waals surface area contributed by atoms with E-state index in [0.717, 1.165) is 15.6 Å². The Bertz CT molecular complexity index is 535. The van der Waals surface area contributed by atoms with E-state index in [0.29, 0.717) is 12.8 Å². The first-order valence-corrected chi connectivity index (χ1v) is 7.50. The standard InChI is InChI=1S/C17H19BrO2/c1-17(20,14-7-9-15(18)10-8-14)12-11-16(19)13-5-3-2-4-6-13/h2-10,16,19-20H,11-12H2,1H3. The maximum absolute atomic E-state index is 10.5. The van der Waals surface area contributed by atoms with Crippen LogP contribution in [0.3, 0.4) is 0 Å². The van der Waals surface area contributed by atoms with E-state index >= 15 is 0 Å². The topological polar surface area (TPSA) is 40.5 Å². The molecule has 0 spiro atoms. The SMILES string of the molecule is CC(O)(CCC(O)c1ccccc1)c1ccc(Br)cc1. The Hall–Kier alpha value is -1.16. The third-order valence-electron chi connectivity index (χ3n) is 3.56. The molecule has 106 valence electrons. The molecule has 0 fully saturated rings. The average Bonchev–Trinajstić information content (AvgIpc) is 2.46. The van der Waals surface area contributed by atoms with E-state index in [1.807, 2.05) is 54.6 Å². The van der Waals surface area contributed by atoms with Crippen LogP contribution in [0.5, 0.6) is 0 Å². The maximum atomic E-state index is 10.5. The Morgan fingerprint density at radius 3 is 2.25 bits per heavy atom. The van der Waals surface area contributed by atoms with Gasteiger partial charge in [0.15, 0.2) is 0 Å². The molecule has 0 aromatic heterocycles. The van der Waals surface area contributed by atoms with Crippen LogP contribution >= 0.6 is 15.9 Å². The summed E-state index contributed by atoms with van der Waals surface area (Å²) < 4.78 is 0.987. The maximum Gasteiger partial charge on any atom is 0.0869 e. The summed E-state index contributed by atoms with van der Waals surface area (Å²) in [6.45, 7) is 1.79. The smallest absolute Gasteiger partial charge is 0.0869 e. The molecule has 2 aromatic rings. The second-order valence-electron chi connectivity index (χ2n) is 5.25. The Labute approximate surface area is 128 Å². The van der Waals surface area contributed by atoms with Crippen molar-refractivity contribution in [2.24, 2.45) is 0 Å². The highest BCUT2D eigenvalue weighted by atomic mass is 79.9. The lowest BCUT2D eigenvalue weighted by Gasteiger charge is -2.25. The van der Waals surface area contributed by atoms with Crippen LogP contribution in [0.2, 0.25) is 0 Å². The first-order chi connectivity index (χ1) is 9.49. The lowest BCUT2D eigenvalue weighted by Crippen LogP contribution is -2.22. The molecule has 0 aliphatic rings. The number of hydrogen-bond acceptors (Lipinski definition) is 2. The van der Waals surface area contributed by atoms with Gasteiger partial charge >= 0.3 is 0 Å². The second-order valence-corrected chi connectivity index (χ2v) is 6.16. The normalized spacial score (nSPS) is 15.6. The molecule has 0 heterocycles. The summed E-state index contributed by atoms with van der Waals surface area (Å²) in [5, 5.41) is 20.7. The van der Waals surface area contributed by atoms with Crippen molar-refractivity contribution in [1.29, 1.82) is 0 Å². The van der Waals surface area contributed by atoms with Gasteiger partial charge in [-0.25, -0.2) is 0 Å². The Balaban J connectivity index is 2.00. The zero-order valence-corrected chi connectivity index (χ0v) is 13.0. The minimum absolute atomic E-state index is 0.505. The van der Waals surface area contributed by atoms with Crippen molar-refractivity contribution in [3.8, 4) is 0 Å².